The number of halogens is 3. The van der Waals surface area contributed by atoms with Gasteiger partial charge in [0.1, 0.15) is 0 Å². The Morgan fingerprint density at radius 3 is 2.53 bits per heavy atom. The number of piperazine rings is 1. The van der Waals surface area contributed by atoms with Crippen molar-refractivity contribution in [1.29, 1.82) is 0 Å². The van der Waals surface area contributed by atoms with Crippen LogP contribution in [0.1, 0.15) is 32.6 Å². The molecule has 2 nitrogen and oxygen atoms in total. The van der Waals surface area contributed by atoms with E-state index in [-0.39, 0.29) is 12.6 Å². The third-order valence-corrected chi connectivity index (χ3v) is 3.91. The van der Waals surface area contributed by atoms with E-state index >= 15 is 0 Å². The average Bonchev–Trinajstić information content (AvgIpc) is 3.08. The van der Waals surface area contributed by atoms with Gasteiger partial charge in [-0.15, -0.1) is 0 Å². The molecule has 2 fully saturated rings. The molecule has 100 valence electrons. The van der Waals surface area contributed by atoms with Crippen molar-refractivity contribution >= 4 is 0 Å². The van der Waals surface area contributed by atoms with E-state index < -0.39 is 12.6 Å². The molecule has 1 saturated heterocycles. The first-order chi connectivity index (χ1) is 7.99. The Morgan fingerprint density at radius 1 is 1.29 bits per heavy atom. The third-order valence-electron chi connectivity index (χ3n) is 3.91. The zero-order chi connectivity index (χ0) is 12.5. The molecule has 0 aromatic heterocycles. The SMILES string of the molecule is CCC1CNC(C2CC2)CN1CCC(F)(F)F. The predicted octanol–water partition coefficient (Wildman–Crippen LogP) is 2.40. The van der Waals surface area contributed by atoms with E-state index in [1.54, 1.807) is 0 Å². The summed E-state index contributed by atoms with van der Waals surface area (Å²) in [7, 11) is 0. The highest BCUT2D eigenvalue weighted by Crippen LogP contribution is 2.34. The van der Waals surface area contributed by atoms with Gasteiger partial charge in [-0.25, -0.2) is 0 Å². The first-order valence-electron chi connectivity index (χ1n) is 6.54. The minimum atomic E-state index is -4.03. The van der Waals surface area contributed by atoms with Crippen LogP contribution in [0, 0.1) is 5.92 Å². The third kappa shape index (κ3) is 3.85. The smallest absolute Gasteiger partial charge is 0.311 e. The second-order valence-electron chi connectivity index (χ2n) is 5.27. The van der Waals surface area contributed by atoms with Crippen molar-refractivity contribution in [1.82, 2.24) is 10.2 Å². The maximum Gasteiger partial charge on any atom is 0.390 e. The minimum absolute atomic E-state index is 0.160. The van der Waals surface area contributed by atoms with Crippen LogP contribution in [-0.4, -0.2) is 42.8 Å². The first kappa shape index (κ1) is 13.1. The van der Waals surface area contributed by atoms with Crippen LogP contribution in [0.15, 0.2) is 0 Å². The number of nitrogens with zero attached hydrogens (tertiary/aromatic N) is 1. The Balaban J connectivity index is 1.85. The van der Waals surface area contributed by atoms with E-state index in [0.29, 0.717) is 12.0 Å². The fraction of sp³-hybridized carbons (Fsp3) is 1.00. The minimum Gasteiger partial charge on any atom is -0.311 e. The van der Waals surface area contributed by atoms with Gasteiger partial charge in [-0.05, 0) is 25.2 Å². The van der Waals surface area contributed by atoms with Gasteiger partial charge in [0, 0.05) is 31.7 Å². The van der Waals surface area contributed by atoms with E-state index in [9.17, 15) is 13.2 Å². The van der Waals surface area contributed by atoms with Crippen LogP contribution in [0.4, 0.5) is 13.2 Å². The van der Waals surface area contributed by atoms with Crippen LogP contribution >= 0.6 is 0 Å². The van der Waals surface area contributed by atoms with Crippen LogP contribution in [0.2, 0.25) is 0 Å². The molecular weight excluding hydrogens is 229 g/mol. The topological polar surface area (TPSA) is 15.3 Å². The van der Waals surface area contributed by atoms with Crippen molar-refractivity contribution in [2.75, 3.05) is 19.6 Å². The number of alkyl halides is 3. The molecule has 1 N–H and O–H groups in total. The van der Waals surface area contributed by atoms with E-state index in [1.165, 1.54) is 12.8 Å². The van der Waals surface area contributed by atoms with Gasteiger partial charge >= 0.3 is 6.18 Å². The monoisotopic (exact) mass is 250 g/mol. The molecule has 1 heterocycles. The molecule has 0 aromatic carbocycles. The summed E-state index contributed by atoms with van der Waals surface area (Å²) in [5.41, 5.74) is 0. The van der Waals surface area contributed by atoms with Crippen LogP contribution in [-0.2, 0) is 0 Å². The Kier molecular flexibility index (Phi) is 3.98. The molecule has 2 aliphatic rings. The molecule has 2 atom stereocenters. The summed E-state index contributed by atoms with van der Waals surface area (Å²) in [5, 5.41) is 3.49. The van der Waals surface area contributed by atoms with Crippen molar-refractivity contribution in [3.63, 3.8) is 0 Å². The molecule has 17 heavy (non-hydrogen) atoms. The van der Waals surface area contributed by atoms with Gasteiger partial charge < -0.3 is 5.32 Å². The zero-order valence-electron chi connectivity index (χ0n) is 10.3. The van der Waals surface area contributed by atoms with Gasteiger partial charge in [0.2, 0.25) is 0 Å². The van der Waals surface area contributed by atoms with Crippen molar-refractivity contribution < 1.29 is 13.2 Å². The Hall–Kier alpha value is -0.290. The molecule has 5 heteroatoms. The molecule has 2 rings (SSSR count). The maximum absolute atomic E-state index is 12.3. The Labute approximate surface area is 101 Å². The second kappa shape index (κ2) is 5.14. The largest absolute Gasteiger partial charge is 0.390 e. The van der Waals surface area contributed by atoms with Crippen LogP contribution in [0.3, 0.4) is 0 Å². The van der Waals surface area contributed by atoms with E-state index in [2.05, 4.69) is 5.32 Å². The lowest BCUT2D eigenvalue weighted by atomic mass is 10.0. The molecule has 0 amide bonds. The van der Waals surface area contributed by atoms with Gasteiger partial charge in [0.15, 0.2) is 0 Å². The average molecular weight is 250 g/mol. The quantitative estimate of drug-likeness (QED) is 0.824. The summed E-state index contributed by atoms with van der Waals surface area (Å²) >= 11 is 0. The first-order valence-corrected chi connectivity index (χ1v) is 6.54. The van der Waals surface area contributed by atoms with Gasteiger partial charge in [-0.2, -0.15) is 13.2 Å². The molecule has 1 aliphatic carbocycles. The summed E-state index contributed by atoms with van der Waals surface area (Å²) in [6, 6.07) is 0.693. The summed E-state index contributed by atoms with van der Waals surface area (Å²) in [6.07, 6.45) is -1.31. The summed E-state index contributed by atoms with van der Waals surface area (Å²) in [6.45, 7) is 3.84. The predicted molar refractivity (Wildman–Crippen MR) is 60.8 cm³/mol. The van der Waals surface area contributed by atoms with Crippen molar-refractivity contribution in [3.05, 3.63) is 0 Å². The molecule has 2 unspecified atom stereocenters. The Bertz CT molecular complexity index is 251. The highest BCUT2D eigenvalue weighted by molar-refractivity contribution is 4.94. The van der Waals surface area contributed by atoms with E-state index in [1.807, 2.05) is 11.8 Å². The van der Waals surface area contributed by atoms with E-state index in [0.717, 1.165) is 19.5 Å². The van der Waals surface area contributed by atoms with Crippen LogP contribution in [0.25, 0.3) is 0 Å². The number of hydrogen-bond acceptors (Lipinski definition) is 2. The van der Waals surface area contributed by atoms with Gasteiger partial charge in [-0.1, -0.05) is 6.92 Å². The summed E-state index contributed by atoms with van der Waals surface area (Å²) in [5.74, 6) is 0.709. The van der Waals surface area contributed by atoms with Crippen molar-refractivity contribution in [2.45, 2.75) is 50.9 Å². The summed E-state index contributed by atoms with van der Waals surface area (Å²) < 4.78 is 36.8. The van der Waals surface area contributed by atoms with Gasteiger partial charge in [0.25, 0.3) is 0 Å². The maximum atomic E-state index is 12.3. The number of nitrogens with one attached hydrogen (secondary N) is 1. The number of rotatable bonds is 4. The number of hydrogen-bond donors (Lipinski definition) is 1. The molecule has 0 aromatic rings. The Morgan fingerprint density at radius 2 is 2.00 bits per heavy atom. The normalized spacial score (nSPS) is 31.8. The fourth-order valence-corrected chi connectivity index (χ4v) is 2.64. The standard InChI is InChI=1S/C12H21F3N2/c1-2-10-7-16-11(9-3-4-9)8-17(10)6-5-12(13,14)15/h9-11,16H,2-8H2,1H3. The zero-order valence-corrected chi connectivity index (χ0v) is 10.3. The van der Waals surface area contributed by atoms with Crippen LogP contribution in [0.5, 0.6) is 0 Å². The van der Waals surface area contributed by atoms with Gasteiger partial charge in [-0.3, -0.25) is 4.90 Å². The van der Waals surface area contributed by atoms with Gasteiger partial charge in [0.05, 0.1) is 6.42 Å². The van der Waals surface area contributed by atoms with Crippen LogP contribution < -0.4 is 5.32 Å². The lowest BCUT2D eigenvalue weighted by molar-refractivity contribution is -0.140. The molecule has 1 saturated carbocycles. The van der Waals surface area contributed by atoms with Crippen molar-refractivity contribution in [3.8, 4) is 0 Å². The second-order valence-corrected chi connectivity index (χ2v) is 5.27. The summed E-state index contributed by atoms with van der Waals surface area (Å²) in [4.78, 5) is 2.03. The molecule has 1 aliphatic heterocycles. The fourth-order valence-electron chi connectivity index (χ4n) is 2.64. The molecular formula is C12H21F3N2. The van der Waals surface area contributed by atoms with E-state index in [4.69, 9.17) is 0 Å². The van der Waals surface area contributed by atoms with Crippen molar-refractivity contribution in [2.24, 2.45) is 5.92 Å². The lowest BCUT2D eigenvalue weighted by Gasteiger charge is -2.40. The molecule has 0 bridgehead atoms. The highest BCUT2D eigenvalue weighted by atomic mass is 19.4. The lowest BCUT2D eigenvalue weighted by Crippen LogP contribution is -2.57. The molecule has 0 radical (unpaired) electrons. The molecule has 0 spiro atoms. The highest BCUT2D eigenvalue weighted by Gasteiger charge is 2.37.